The Morgan fingerprint density at radius 1 is 0.895 bits per heavy atom. The molecule has 19 heavy (non-hydrogen) atoms. The molecule has 0 aromatic heterocycles. The van der Waals surface area contributed by atoms with Crippen LogP contribution in [0.4, 0.5) is 0 Å². The van der Waals surface area contributed by atoms with Crippen molar-refractivity contribution in [1.82, 2.24) is 0 Å². The number of rotatable bonds is 4. The van der Waals surface area contributed by atoms with Gasteiger partial charge in [0.1, 0.15) is 17.5 Å². The van der Waals surface area contributed by atoms with Gasteiger partial charge in [-0.2, -0.15) is 0 Å². The Kier molecular flexibility index (Phi) is 5.30. The van der Waals surface area contributed by atoms with Crippen LogP contribution < -0.4 is 0 Å². The largest absolute Gasteiger partial charge is 0.459 e. The second-order valence-corrected chi connectivity index (χ2v) is 6.45. The van der Waals surface area contributed by atoms with Gasteiger partial charge in [0.25, 0.3) is 0 Å². The fourth-order valence-electron chi connectivity index (χ4n) is 1.29. The summed E-state index contributed by atoms with van der Waals surface area (Å²) in [5, 5.41) is 0. The highest BCUT2D eigenvalue weighted by Crippen LogP contribution is 2.28. The molecular formula is C14H24O5. The first-order valence-corrected chi connectivity index (χ1v) is 6.31. The Morgan fingerprint density at radius 3 is 1.37 bits per heavy atom. The monoisotopic (exact) mass is 272 g/mol. The molecule has 0 heterocycles. The van der Waals surface area contributed by atoms with Crippen molar-refractivity contribution in [3.63, 3.8) is 0 Å². The predicted molar refractivity (Wildman–Crippen MR) is 70.5 cm³/mol. The molecule has 0 aromatic carbocycles. The van der Waals surface area contributed by atoms with E-state index in [1.165, 1.54) is 0 Å². The minimum atomic E-state index is -1.89. The molecule has 0 atom stereocenters. The molecule has 0 spiro atoms. The highest BCUT2D eigenvalue weighted by atomic mass is 16.6. The molecule has 5 heteroatoms. The maximum absolute atomic E-state index is 12.1. The van der Waals surface area contributed by atoms with Crippen molar-refractivity contribution in [2.45, 2.75) is 66.1 Å². The van der Waals surface area contributed by atoms with E-state index in [0.717, 1.165) is 0 Å². The van der Waals surface area contributed by atoms with Crippen LogP contribution in [0.1, 0.15) is 54.9 Å². The van der Waals surface area contributed by atoms with E-state index in [9.17, 15) is 14.4 Å². The molecule has 110 valence electrons. The maximum Gasteiger partial charge on any atom is 0.331 e. The van der Waals surface area contributed by atoms with Crippen LogP contribution in [0.2, 0.25) is 0 Å². The van der Waals surface area contributed by atoms with E-state index in [1.54, 1.807) is 48.5 Å². The molecule has 0 rings (SSSR count). The first-order chi connectivity index (χ1) is 8.38. The van der Waals surface area contributed by atoms with Crippen molar-refractivity contribution in [3.8, 4) is 0 Å². The normalized spacial score (nSPS) is 12.8. The minimum absolute atomic E-state index is 0.000324. The van der Waals surface area contributed by atoms with Crippen molar-refractivity contribution in [2.24, 2.45) is 5.41 Å². The Labute approximate surface area is 114 Å². The van der Waals surface area contributed by atoms with Crippen LogP contribution in [0.5, 0.6) is 0 Å². The van der Waals surface area contributed by atoms with Crippen molar-refractivity contribution in [3.05, 3.63) is 0 Å². The summed E-state index contributed by atoms with van der Waals surface area (Å²) in [5.41, 5.74) is -3.44. The standard InChI is InChI=1S/C14H24O5/c1-8-14(9-15,10(16)18-12(2,3)4)11(17)19-13(5,6)7/h9H,8H2,1-7H3. The quantitative estimate of drug-likeness (QED) is 0.446. The van der Waals surface area contributed by atoms with E-state index in [0.29, 0.717) is 6.29 Å². The van der Waals surface area contributed by atoms with Crippen LogP contribution in [0.3, 0.4) is 0 Å². The van der Waals surface area contributed by atoms with Crippen LogP contribution in [0.25, 0.3) is 0 Å². The average molecular weight is 272 g/mol. The molecule has 0 radical (unpaired) electrons. The molecule has 0 amide bonds. The number of aldehydes is 1. The lowest BCUT2D eigenvalue weighted by Crippen LogP contribution is -2.47. The number of esters is 2. The third kappa shape index (κ3) is 5.01. The van der Waals surface area contributed by atoms with Crippen LogP contribution >= 0.6 is 0 Å². The third-order valence-corrected chi connectivity index (χ3v) is 2.29. The summed E-state index contributed by atoms with van der Waals surface area (Å²) in [6.45, 7) is 11.6. The summed E-state index contributed by atoms with van der Waals surface area (Å²) in [6, 6.07) is 0. The van der Waals surface area contributed by atoms with Gasteiger partial charge >= 0.3 is 11.9 Å². The van der Waals surface area contributed by atoms with Gasteiger partial charge in [0, 0.05) is 0 Å². The Morgan fingerprint density at radius 2 is 1.21 bits per heavy atom. The molecule has 0 saturated carbocycles. The smallest absolute Gasteiger partial charge is 0.331 e. The zero-order chi connectivity index (χ0) is 15.5. The summed E-state index contributed by atoms with van der Waals surface area (Å²) in [4.78, 5) is 35.5. The highest BCUT2D eigenvalue weighted by Gasteiger charge is 2.50. The number of hydrogen-bond acceptors (Lipinski definition) is 5. The highest BCUT2D eigenvalue weighted by molar-refractivity contribution is 6.13. The first kappa shape index (κ1) is 17.6. The lowest BCUT2D eigenvalue weighted by atomic mass is 9.86. The van der Waals surface area contributed by atoms with Crippen LogP contribution in [0, 0.1) is 5.41 Å². The van der Waals surface area contributed by atoms with Crippen molar-refractivity contribution in [1.29, 1.82) is 0 Å². The van der Waals surface area contributed by atoms with Gasteiger partial charge in [-0.3, -0.25) is 9.59 Å². The lowest BCUT2D eigenvalue weighted by Gasteiger charge is -2.30. The molecule has 0 aromatic rings. The molecule has 0 aliphatic heterocycles. The number of carbonyl (C=O) groups excluding carboxylic acids is 3. The predicted octanol–water partition coefficient (Wildman–Crippen LogP) is 2.27. The first-order valence-electron chi connectivity index (χ1n) is 6.31. The van der Waals surface area contributed by atoms with Gasteiger partial charge in [0.2, 0.25) is 5.41 Å². The summed E-state index contributed by atoms with van der Waals surface area (Å²) in [7, 11) is 0. The zero-order valence-corrected chi connectivity index (χ0v) is 12.8. The summed E-state index contributed by atoms with van der Waals surface area (Å²) >= 11 is 0. The Bertz CT molecular complexity index is 329. The van der Waals surface area contributed by atoms with Crippen LogP contribution in [0.15, 0.2) is 0 Å². The van der Waals surface area contributed by atoms with Gasteiger partial charge < -0.3 is 14.3 Å². The SMILES string of the molecule is CCC(C=O)(C(=O)OC(C)(C)C)C(=O)OC(C)(C)C. The van der Waals surface area contributed by atoms with Gasteiger partial charge in [-0.05, 0) is 48.0 Å². The molecule has 0 fully saturated rings. The Hall–Kier alpha value is -1.39. The van der Waals surface area contributed by atoms with E-state index < -0.39 is 28.6 Å². The minimum Gasteiger partial charge on any atom is -0.459 e. The van der Waals surface area contributed by atoms with Crippen molar-refractivity contribution < 1.29 is 23.9 Å². The number of hydrogen-bond donors (Lipinski definition) is 0. The second kappa shape index (κ2) is 5.72. The average Bonchev–Trinajstić information content (AvgIpc) is 2.14. The summed E-state index contributed by atoms with van der Waals surface area (Å²) in [5.74, 6) is -1.74. The van der Waals surface area contributed by atoms with Crippen LogP contribution in [-0.4, -0.2) is 29.4 Å². The molecular weight excluding hydrogens is 248 g/mol. The second-order valence-electron chi connectivity index (χ2n) is 6.45. The maximum atomic E-state index is 12.1. The van der Waals surface area contributed by atoms with Gasteiger partial charge in [0.15, 0.2) is 0 Å². The van der Waals surface area contributed by atoms with Gasteiger partial charge in [-0.25, -0.2) is 0 Å². The molecule has 0 unspecified atom stereocenters. The lowest BCUT2D eigenvalue weighted by molar-refractivity contribution is -0.184. The molecule has 0 aliphatic rings. The van der Waals surface area contributed by atoms with E-state index in [-0.39, 0.29) is 6.42 Å². The summed E-state index contributed by atoms with van der Waals surface area (Å²) in [6.07, 6.45) is 0.315. The Balaban J connectivity index is 5.31. The molecule has 0 aliphatic carbocycles. The third-order valence-electron chi connectivity index (χ3n) is 2.29. The van der Waals surface area contributed by atoms with E-state index in [1.807, 2.05) is 0 Å². The van der Waals surface area contributed by atoms with Crippen molar-refractivity contribution >= 4 is 18.2 Å². The van der Waals surface area contributed by atoms with Gasteiger partial charge in [-0.1, -0.05) is 6.92 Å². The van der Waals surface area contributed by atoms with E-state index >= 15 is 0 Å². The topological polar surface area (TPSA) is 69.7 Å². The molecule has 0 bridgehead atoms. The fraction of sp³-hybridized carbons (Fsp3) is 0.786. The fourth-order valence-corrected chi connectivity index (χ4v) is 1.29. The zero-order valence-electron chi connectivity index (χ0n) is 12.8. The number of carbonyl (C=O) groups is 3. The van der Waals surface area contributed by atoms with Crippen molar-refractivity contribution in [2.75, 3.05) is 0 Å². The molecule has 0 saturated heterocycles. The number of ether oxygens (including phenoxy) is 2. The summed E-state index contributed by atoms with van der Waals surface area (Å²) < 4.78 is 10.3. The van der Waals surface area contributed by atoms with Gasteiger partial charge in [0.05, 0.1) is 0 Å². The van der Waals surface area contributed by atoms with Crippen LogP contribution in [-0.2, 0) is 23.9 Å². The molecule has 0 N–H and O–H groups in total. The van der Waals surface area contributed by atoms with E-state index in [4.69, 9.17) is 9.47 Å². The molecule has 5 nitrogen and oxygen atoms in total. The van der Waals surface area contributed by atoms with E-state index in [2.05, 4.69) is 0 Å². The van der Waals surface area contributed by atoms with Gasteiger partial charge in [-0.15, -0.1) is 0 Å².